The van der Waals surface area contributed by atoms with Crippen molar-refractivity contribution in [2.45, 2.75) is 102 Å². The predicted octanol–water partition coefficient (Wildman–Crippen LogP) is -2.72. The van der Waals surface area contributed by atoms with Crippen LogP contribution in [0.25, 0.3) is 10.9 Å². The van der Waals surface area contributed by atoms with Gasteiger partial charge in [0.2, 0.25) is 35.4 Å². The van der Waals surface area contributed by atoms with E-state index in [9.17, 15) is 53.7 Å². The highest BCUT2D eigenvalue weighted by molar-refractivity contribution is 5.97. The first-order chi connectivity index (χ1) is 28.2. The summed E-state index contributed by atoms with van der Waals surface area (Å²) < 4.78 is 0. The summed E-state index contributed by atoms with van der Waals surface area (Å²) in [5.41, 5.74) is 17.8. The standard InChI is InChI=1S/C38H59N11O11/c1-19(2)14-26(34(56)46-27(35(57)48-28(18-50)37(59)60)15-21-16-43-24-10-6-5-8-22(21)24)47-36(58)31(20(3)4)49-33(55)25(11-12-30(52)53)45-29(51)17-44-32(54)23(39)9-7-13-42-38(40)41/h5-6,8,10,16,19-20,23,25-28,31,43,50H,7,9,11-15,17-18,39H2,1-4H3,(H,44,54)(H,45,51)(H,46,56)(H,47,58)(H,48,57)(H,49,55)(H,52,53)(H,59,60)(H4,40,41,42)/t23-,25-,26-,27-,28-,31-/m0/s1. The molecule has 16 N–H and O–H groups in total. The normalized spacial score (nSPS) is 14.1. The summed E-state index contributed by atoms with van der Waals surface area (Å²) >= 11 is 0. The maximum atomic E-state index is 13.9. The van der Waals surface area contributed by atoms with E-state index >= 15 is 0 Å². The fourth-order valence-electron chi connectivity index (χ4n) is 5.94. The number of amides is 6. The summed E-state index contributed by atoms with van der Waals surface area (Å²) in [5.74, 6) is -8.63. The molecular formula is C38H59N11O11. The molecule has 0 aliphatic rings. The zero-order valence-electron chi connectivity index (χ0n) is 34.2. The molecule has 2 rings (SSSR count). The van der Waals surface area contributed by atoms with Gasteiger partial charge in [0.1, 0.15) is 30.2 Å². The zero-order chi connectivity index (χ0) is 45.1. The molecule has 2 aromatic rings. The van der Waals surface area contributed by atoms with E-state index < -0.39 is 109 Å². The van der Waals surface area contributed by atoms with Gasteiger partial charge in [-0.15, -0.1) is 0 Å². The number of aromatic nitrogens is 1. The molecule has 0 fully saturated rings. The quantitative estimate of drug-likeness (QED) is 0.0260. The minimum Gasteiger partial charge on any atom is -0.481 e. The van der Waals surface area contributed by atoms with Crippen molar-refractivity contribution < 1.29 is 53.7 Å². The lowest BCUT2D eigenvalue weighted by molar-refractivity contribution is -0.143. The maximum Gasteiger partial charge on any atom is 0.328 e. The minimum atomic E-state index is -1.67. The summed E-state index contributed by atoms with van der Waals surface area (Å²) in [7, 11) is 0. The first-order valence-corrected chi connectivity index (χ1v) is 19.4. The van der Waals surface area contributed by atoms with Gasteiger partial charge < -0.3 is 69.4 Å². The molecule has 1 heterocycles. The molecule has 60 heavy (non-hydrogen) atoms. The number of carboxylic acids is 2. The number of guanidine groups is 1. The van der Waals surface area contributed by atoms with Gasteiger partial charge in [-0.1, -0.05) is 45.9 Å². The number of benzene rings is 1. The summed E-state index contributed by atoms with van der Waals surface area (Å²) in [6.45, 7) is 5.48. The number of aliphatic hydroxyl groups is 1. The molecule has 6 atom stereocenters. The van der Waals surface area contributed by atoms with E-state index in [-0.39, 0.29) is 44.1 Å². The van der Waals surface area contributed by atoms with Crippen LogP contribution in [0.15, 0.2) is 35.5 Å². The van der Waals surface area contributed by atoms with Gasteiger partial charge in [-0.25, -0.2) is 4.79 Å². The largest absolute Gasteiger partial charge is 0.481 e. The SMILES string of the molecule is CC(C)C[C@H](NC(=O)[C@@H](NC(=O)[C@H](CCC(=O)O)NC(=O)CNC(=O)[C@@H](N)CCCN=C(N)N)C(C)C)C(=O)N[C@@H](Cc1c[nH]c2ccccc12)C(=O)N[C@@H](CO)C(=O)O. The number of nitrogens with two attached hydrogens (primary N) is 3. The molecule has 6 amide bonds. The van der Waals surface area contributed by atoms with Crippen molar-refractivity contribution >= 4 is 64.2 Å². The average Bonchev–Trinajstić information content (AvgIpc) is 3.59. The van der Waals surface area contributed by atoms with Crippen LogP contribution in [-0.2, 0) is 44.8 Å². The number of nitrogens with zero attached hydrogens (tertiary/aromatic N) is 1. The number of hydrogen-bond acceptors (Lipinski definition) is 11. The number of carbonyl (C=O) groups is 8. The molecule has 0 spiro atoms. The Kier molecular flexibility index (Phi) is 20.4. The smallest absolute Gasteiger partial charge is 0.328 e. The van der Waals surface area contributed by atoms with Crippen molar-refractivity contribution in [2.75, 3.05) is 19.7 Å². The lowest BCUT2D eigenvalue weighted by Gasteiger charge is -2.29. The van der Waals surface area contributed by atoms with Gasteiger partial charge >= 0.3 is 11.9 Å². The summed E-state index contributed by atoms with van der Waals surface area (Å²) in [6, 6.07) is -0.900. The molecular weight excluding hydrogens is 786 g/mol. The van der Waals surface area contributed by atoms with E-state index in [1.807, 2.05) is 0 Å². The van der Waals surface area contributed by atoms with Crippen LogP contribution < -0.4 is 49.1 Å². The summed E-state index contributed by atoms with van der Waals surface area (Å²) in [6.07, 6.45) is 1.26. The van der Waals surface area contributed by atoms with Gasteiger partial charge in [0.05, 0.1) is 19.2 Å². The van der Waals surface area contributed by atoms with Gasteiger partial charge in [-0.05, 0) is 49.1 Å². The Morgan fingerprint density at radius 2 is 1.38 bits per heavy atom. The molecule has 0 unspecified atom stereocenters. The molecule has 0 bridgehead atoms. The van der Waals surface area contributed by atoms with Crippen LogP contribution in [0.2, 0.25) is 0 Å². The Hall–Kier alpha value is -6.29. The number of nitrogens with one attached hydrogen (secondary N) is 7. The first-order valence-electron chi connectivity index (χ1n) is 19.4. The molecule has 0 aliphatic carbocycles. The van der Waals surface area contributed by atoms with Crippen molar-refractivity contribution in [3.05, 3.63) is 36.0 Å². The Morgan fingerprint density at radius 1 is 0.767 bits per heavy atom. The molecule has 0 saturated carbocycles. The number of aromatic amines is 1. The van der Waals surface area contributed by atoms with Gasteiger partial charge in [-0.3, -0.25) is 38.6 Å². The number of fused-ring (bicyclic) bond motifs is 1. The molecule has 0 aliphatic heterocycles. The summed E-state index contributed by atoms with van der Waals surface area (Å²) in [5, 5.41) is 43.8. The van der Waals surface area contributed by atoms with Gasteiger partial charge in [0, 0.05) is 36.5 Å². The van der Waals surface area contributed by atoms with Crippen LogP contribution in [0.4, 0.5) is 0 Å². The lowest BCUT2D eigenvalue weighted by atomic mass is 9.98. The van der Waals surface area contributed by atoms with E-state index in [1.165, 1.54) is 0 Å². The maximum absolute atomic E-state index is 13.9. The Morgan fingerprint density at radius 3 is 1.98 bits per heavy atom. The highest BCUT2D eigenvalue weighted by Gasteiger charge is 2.34. The van der Waals surface area contributed by atoms with Crippen molar-refractivity contribution in [2.24, 2.45) is 34.0 Å². The molecule has 22 heteroatoms. The number of aliphatic imine (C=N–C) groups is 1. The number of aliphatic hydroxyl groups excluding tert-OH is 1. The minimum absolute atomic E-state index is 0.0646. The third-order valence-electron chi connectivity index (χ3n) is 9.14. The van der Waals surface area contributed by atoms with E-state index in [2.05, 4.69) is 41.9 Å². The third-order valence-corrected chi connectivity index (χ3v) is 9.14. The topological polar surface area (TPSA) is 376 Å². The highest BCUT2D eigenvalue weighted by Crippen LogP contribution is 2.20. The van der Waals surface area contributed by atoms with Crippen molar-refractivity contribution in [3.8, 4) is 0 Å². The van der Waals surface area contributed by atoms with E-state index in [0.717, 1.165) is 10.9 Å². The van der Waals surface area contributed by atoms with Crippen molar-refractivity contribution in [1.29, 1.82) is 0 Å². The predicted molar refractivity (Wildman–Crippen MR) is 218 cm³/mol. The Balaban J connectivity index is 2.24. The lowest BCUT2D eigenvalue weighted by Crippen LogP contribution is -2.60. The number of carbonyl (C=O) groups excluding carboxylic acids is 6. The second-order valence-corrected chi connectivity index (χ2v) is 15.0. The number of hydrogen-bond donors (Lipinski definition) is 13. The van der Waals surface area contributed by atoms with Gasteiger partial charge in [0.25, 0.3) is 0 Å². The molecule has 0 saturated heterocycles. The molecule has 1 aromatic carbocycles. The number of H-pyrrole nitrogens is 1. The van der Waals surface area contributed by atoms with Crippen LogP contribution in [-0.4, -0.2) is 130 Å². The molecule has 22 nitrogen and oxygen atoms in total. The second-order valence-electron chi connectivity index (χ2n) is 15.0. The first kappa shape index (κ1) is 49.9. The fraction of sp³-hybridized carbons (Fsp3) is 0.553. The number of carboxylic acid groups (broad SMARTS) is 2. The van der Waals surface area contributed by atoms with E-state index in [1.54, 1.807) is 58.2 Å². The van der Waals surface area contributed by atoms with Crippen LogP contribution >= 0.6 is 0 Å². The van der Waals surface area contributed by atoms with Crippen LogP contribution in [0.1, 0.15) is 65.4 Å². The Labute approximate surface area is 346 Å². The van der Waals surface area contributed by atoms with Crippen molar-refractivity contribution in [1.82, 2.24) is 36.9 Å². The monoisotopic (exact) mass is 845 g/mol. The van der Waals surface area contributed by atoms with Gasteiger partial charge in [0.15, 0.2) is 5.96 Å². The third kappa shape index (κ3) is 16.9. The van der Waals surface area contributed by atoms with Crippen LogP contribution in [0.5, 0.6) is 0 Å². The van der Waals surface area contributed by atoms with Crippen LogP contribution in [0, 0.1) is 11.8 Å². The number of aliphatic carboxylic acids is 2. The molecule has 332 valence electrons. The highest BCUT2D eigenvalue weighted by atomic mass is 16.4. The van der Waals surface area contributed by atoms with E-state index in [4.69, 9.17) is 17.2 Å². The second kappa shape index (κ2) is 24.6. The van der Waals surface area contributed by atoms with Gasteiger partial charge in [-0.2, -0.15) is 0 Å². The molecule has 0 radical (unpaired) electrons. The average molecular weight is 846 g/mol. The number of para-hydroxylation sites is 1. The summed E-state index contributed by atoms with van der Waals surface area (Å²) in [4.78, 5) is 110. The van der Waals surface area contributed by atoms with Crippen LogP contribution in [0.3, 0.4) is 0 Å². The van der Waals surface area contributed by atoms with E-state index in [0.29, 0.717) is 12.0 Å². The molecule has 1 aromatic heterocycles. The zero-order valence-corrected chi connectivity index (χ0v) is 34.2. The van der Waals surface area contributed by atoms with Crippen molar-refractivity contribution in [3.63, 3.8) is 0 Å². The Bertz CT molecular complexity index is 1840. The number of rotatable bonds is 26. The fourth-order valence-corrected chi connectivity index (χ4v) is 5.94.